The van der Waals surface area contributed by atoms with Gasteiger partial charge in [0, 0.05) is 60.4 Å². The molecule has 4 aromatic rings. The third kappa shape index (κ3) is 9.70. The zero-order valence-corrected chi connectivity index (χ0v) is 31.5. The van der Waals surface area contributed by atoms with Gasteiger partial charge in [-0.2, -0.15) is 0 Å². The summed E-state index contributed by atoms with van der Waals surface area (Å²) in [6, 6.07) is 21.2. The second kappa shape index (κ2) is 18.0. The average molecular weight is 744 g/mol. The lowest BCUT2D eigenvalue weighted by molar-refractivity contribution is -0.138. The molecule has 12 heteroatoms. The lowest BCUT2D eigenvalue weighted by Crippen LogP contribution is -2.53. The van der Waals surface area contributed by atoms with E-state index < -0.39 is 5.92 Å². The van der Waals surface area contributed by atoms with Crippen LogP contribution in [0.1, 0.15) is 41.8 Å². The highest BCUT2D eigenvalue weighted by molar-refractivity contribution is 6.31. The van der Waals surface area contributed by atoms with Crippen LogP contribution < -0.4 is 20.1 Å². The highest BCUT2D eigenvalue weighted by atomic mass is 35.5. The molecule has 3 atom stereocenters. The maximum absolute atomic E-state index is 13.9. The van der Waals surface area contributed by atoms with Gasteiger partial charge in [-0.1, -0.05) is 48.0 Å². The van der Waals surface area contributed by atoms with Gasteiger partial charge in [-0.05, 0) is 86.5 Å². The number of nitrogens with zero attached hydrogens (tertiary/aromatic N) is 2. The molecule has 3 amide bonds. The van der Waals surface area contributed by atoms with E-state index in [1.54, 1.807) is 35.1 Å². The van der Waals surface area contributed by atoms with Crippen LogP contribution in [-0.2, 0) is 27.2 Å². The Morgan fingerprint density at radius 2 is 1.75 bits per heavy atom. The van der Waals surface area contributed by atoms with Crippen LogP contribution in [0.15, 0.2) is 72.9 Å². The largest absolute Gasteiger partial charge is 0.493 e. The number of H-pyrrole nitrogens is 1. The Hall–Kier alpha value is -4.58. The first-order valence-corrected chi connectivity index (χ1v) is 18.8. The van der Waals surface area contributed by atoms with Gasteiger partial charge in [-0.15, -0.1) is 0 Å². The van der Waals surface area contributed by atoms with E-state index in [0.717, 1.165) is 35.9 Å². The van der Waals surface area contributed by atoms with Crippen molar-refractivity contribution in [2.24, 2.45) is 17.8 Å². The predicted octanol–water partition coefficient (Wildman–Crippen LogP) is 5.32. The summed E-state index contributed by atoms with van der Waals surface area (Å²) in [5.41, 5.74) is 3.53. The lowest BCUT2D eigenvalue weighted by Gasteiger charge is -2.39. The number of rotatable bonds is 16. The van der Waals surface area contributed by atoms with Gasteiger partial charge in [-0.3, -0.25) is 19.7 Å². The normalized spacial score (nSPS) is 18.3. The summed E-state index contributed by atoms with van der Waals surface area (Å²) < 4.78 is 17.1. The predicted molar refractivity (Wildman–Crippen MR) is 205 cm³/mol. The number of fused-ring (bicyclic) bond motifs is 2. The minimum Gasteiger partial charge on any atom is -0.493 e. The molecule has 3 unspecified atom stereocenters. The summed E-state index contributed by atoms with van der Waals surface area (Å²) in [6.45, 7) is 7.40. The van der Waals surface area contributed by atoms with Crippen molar-refractivity contribution in [1.82, 2.24) is 25.4 Å². The number of likely N-dealkylation sites (tertiary alicyclic amines) is 2. The number of halogens is 1. The molecule has 0 saturated carbocycles. The SMILES string of the molecule is COc1cc(C(=O)N2CC3CN(C(=O)Cc4c[nH]c5cc(Cl)ccc45)CC(C(=O)NCCOCNCCCc4ccccc4)C3C2)ccc1OC(C)C. The Bertz CT molecular complexity index is 1870. The van der Waals surface area contributed by atoms with Crippen LogP contribution in [0.4, 0.5) is 0 Å². The summed E-state index contributed by atoms with van der Waals surface area (Å²) in [5, 5.41) is 7.91. The third-order valence-electron chi connectivity index (χ3n) is 10.1. The molecule has 3 N–H and O–H groups in total. The smallest absolute Gasteiger partial charge is 0.254 e. The fourth-order valence-corrected chi connectivity index (χ4v) is 7.66. The molecular formula is C41H50ClN5O6. The van der Waals surface area contributed by atoms with Gasteiger partial charge in [0.2, 0.25) is 11.8 Å². The number of methoxy groups -OCH3 is 1. The minimum absolute atomic E-state index is 0.0475. The second-order valence-electron chi connectivity index (χ2n) is 14.2. The quantitative estimate of drug-likeness (QED) is 0.105. The van der Waals surface area contributed by atoms with E-state index in [9.17, 15) is 14.4 Å². The molecule has 2 aliphatic rings. The van der Waals surface area contributed by atoms with Crippen molar-refractivity contribution in [2.45, 2.75) is 39.2 Å². The van der Waals surface area contributed by atoms with Crippen LogP contribution in [0.3, 0.4) is 0 Å². The minimum atomic E-state index is -0.482. The van der Waals surface area contributed by atoms with Crippen molar-refractivity contribution >= 4 is 40.2 Å². The fourth-order valence-electron chi connectivity index (χ4n) is 7.49. The standard InChI is InChI=1S/C41H50ClN5O6/c1-27(2)53-37-14-11-29(18-38(37)51-3)41(50)47-23-31-22-46(39(48)19-30-21-45-36-20-32(42)12-13-33(30)36)25-35(34(31)24-47)40(49)44-16-17-52-26-43-15-7-10-28-8-5-4-6-9-28/h4-6,8-9,11-14,18,20-21,27,31,34-35,43,45H,7,10,15-17,19,22-26H2,1-3H3,(H,44,49). The summed E-state index contributed by atoms with van der Waals surface area (Å²) >= 11 is 6.18. The number of hydrogen-bond acceptors (Lipinski definition) is 7. The fraction of sp³-hybridized carbons (Fsp3) is 0.439. The summed E-state index contributed by atoms with van der Waals surface area (Å²) in [7, 11) is 1.55. The zero-order chi connectivity index (χ0) is 37.3. The first-order chi connectivity index (χ1) is 25.7. The molecule has 0 bridgehead atoms. The van der Waals surface area contributed by atoms with Crippen LogP contribution in [0.25, 0.3) is 10.9 Å². The Morgan fingerprint density at radius 1 is 0.943 bits per heavy atom. The number of aromatic amines is 1. The van der Waals surface area contributed by atoms with Gasteiger partial charge in [0.25, 0.3) is 5.91 Å². The van der Waals surface area contributed by atoms with E-state index in [-0.39, 0.29) is 48.6 Å². The van der Waals surface area contributed by atoms with Crippen molar-refractivity contribution < 1.29 is 28.6 Å². The third-order valence-corrected chi connectivity index (χ3v) is 10.3. The van der Waals surface area contributed by atoms with Crippen LogP contribution in [0, 0.1) is 17.8 Å². The average Bonchev–Trinajstić information content (AvgIpc) is 3.77. The monoisotopic (exact) mass is 743 g/mol. The Balaban J connectivity index is 1.08. The number of ether oxygens (including phenoxy) is 3. The number of benzene rings is 3. The molecule has 2 fully saturated rings. The van der Waals surface area contributed by atoms with Crippen molar-refractivity contribution in [3.63, 3.8) is 0 Å². The Morgan fingerprint density at radius 3 is 2.55 bits per heavy atom. The first-order valence-electron chi connectivity index (χ1n) is 18.5. The summed E-state index contributed by atoms with van der Waals surface area (Å²) in [4.78, 5) is 48.4. The molecule has 53 heavy (non-hydrogen) atoms. The first kappa shape index (κ1) is 38.2. The van der Waals surface area contributed by atoms with E-state index in [1.807, 2.05) is 44.3 Å². The van der Waals surface area contributed by atoms with Gasteiger partial charge in [0.15, 0.2) is 11.5 Å². The number of aromatic nitrogens is 1. The molecular weight excluding hydrogens is 694 g/mol. The number of piperidine rings is 1. The molecule has 3 heterocycles. The highest BCUT2D eigenvalue weighted by Crippen LogP contribution is 2.37. The van der Waals surface area contributed by atoms with Crippen LogP contribution in [0.5, 0.6) is 11.5 Å². The maximum atomic E-state index is 13.9. The molecule has 0 spiro atoms. The topological polar surface area (TPSA) is 125 Å². The van der Waals surface area contributed by atoms with Crippen LogP contribution in [0.2, 0.25) is 5.02 Å². The van der Waals surface area contributed by atoms with Crippen molar-refractivity contribution in [1.29, 1.82) is 0 Å². The van der Waals surface area contributed by atoms with Gasteiger partial charge >= 0.3 is 0 Å². The van der Waals surface area contributed by atoms with Crippen LogP contribution in [-0.4, -0.2) is 98.3 Å². The molecule has 0 aliphatic carbocycles. The molecule has 1 aromatic heterocycles. The van der Waals surface area contributed by atoms with E-state index in [4.69, 9.17) is 25.8 Å². The van der Waals surface area contributed by atoms with E-state index in [0.29, 0.717) is 61.6 Å². The van der Waals surface area contributed by atoms with Crippen molar-refractivity contribution in [3.05, 3.63) is 94.6 Å². The van der Waals surface area contributed by atoms with Gasteiger partial charge in [-0.25, -0.2) is 0 Å². The highest BCUT2D eigenvalue weighted by Gasteiger charge is 2.47. The number of nitrogens with one attached hydrogen (secondary N) is 3. The van der Waals surface area contributed by atoms with Gasteiger partial charge in [0.05, 0.1) is 38.9 Å². The Kier molecular flexibility index (Phi) is 12.9. The van der Waals surface area contributed by atoms with E-state index >= 15 is 0 Å². The molecule has 3 aromatic carbocycles. The second-order valence-corrected chi connectivity index (χ2v) is 14.6. The van der Waals surface area contributed by atoms with Crippen molar-refractivity contribution in [3.8, 4) is 11.5 Å². The lowest BCUT2D eigenvalue weighted by atomic mass is 9.79. The number of carbonyl (C=O) groups excluding carboxylic acids is 3. The molecule has 2 saturated heterocycles. The molecule has 2 aliphatic heterocycles. The van der Waals surface area contributed by atoms with Crippen molar-refractivity contribution in [2.75, 3.05) is 59.7 Å². The van der Waals surface area contributed by atoms with Gasteiger partial charge in [0.1, 0.15) is 0 Å². The van der Waals surface area contributed by atoms with E-state index in [1.165, 1.54) is 5.56 Å². The number of carbonyl (C=O) groups is 3. The number of amides is 3. The zero-order valence-electron chi connectivity index (χ0n) is 30.7. The van der Waals surface area contributed by atoms with Crippen LogP contribution >= 0.6 is 11.6 Å². The summed E-state index contributed by atoms with van der Waals surface area (Å²) in [5.74, 6) is 0.0730. The van der Waals surface area contributed by atoms with Gasteiger partial charge < -0.3 is 34.3 Å². The van der Waals surface area contributed by atoms with E-state index in [2.05, 4.69) is 39.9 Å². The number of aryl methyl sites for hydroxylation is 1. The maximum Gasteiger partial charge on any atom is 0.254 e. The number of hydrogen-bond donors (Lipinski definition) is 3. The molecule has 0 radical (unpaired) electrons. The Labute approximate surface area is 316 Å². The molecule has 282 valence electrons. The molecule has 6 rings (SSSR count). The summed E-state index contributed by atoms with van der Waals surface area (Å²) in [6.07, 6.45) is 3.99. The molecule has 11 nitrogen and oxygen atoms in total.